The van der Waals surface area contributed by atoms with Gasteiger partial charge in [-0.05, 0) is 30.2 Å². The predicted molar refractivity (Wildman–Crippen MR) is 103 cm³/mol. The minimum Gasteiger partial charge on any atom is -0.298 e. The number of nitrogens with one attached hydrogen (secondary N) is 1. The van der Waals surface area contributed by atoms with Crippen LogP contribution in [0, 0.1) is 5.82 Å². The summed E-state index contributed by atoms with van der Waals surface area (Å²) in [6.45, 7) is 9.06. The summed E-state index contributed by atoms with van der Waals surface area (Å²) >= 11 is 6.25. The van der Waals surface area contributed by atoms with Crippen LogP contribution in [-0.4, -0.2) is 6.54 Å². The van der Waals surface area contributed by atoms with Gasteiger partial charge >= 0.3 is 0 Å². The highest BCUT2D eigenvalue weighted by atomic mass is 35.5. The van der Waals surface area contributed by atoms with Gasteiger partial charge in [-0.15, -0.1) is 0 Å². The maximum atomic E-state index is 13.9. The largest absolute Gasteiger partial charge is 0.298 e. The third-order valence-corrected chi connectivity index (χ3v) is 3.73. The van der Waals surface area contributed by atoms with Gasteiger partial charge in [-0.3, -0.25) is 5.01 Å². The molecule has 1 fully saturated rings. The zero-order valence-electron chi connectivity index (χ0n) is 15.0. The van der Waals surface area contributed by atoms with Crippen LogP contribution in [0.1, 0.15) is 52.1 Å². The van der Waals surface area contributed by atoms with Gasteiger partial charge in [0.05, 0.1) is 11.7 Å². The Kier molecular flexibility index (Phi) is 9.43. The predicted octanol–water partition coefficient (Wildman–Crippen LogP) is 6.38. The Morgan fingerprint density at radius 1 is 1.08 bits per heavy atom. The zero-order chi connectivity index (χ0) is 17.9. The van der Waals surface area contributed by atoms with Crippen LogP contribution >= 0.6 is 11.6 Å². The molecular formula is C20H28ClFN2. The molecule has 2 nitrogen and oxygen atoms in total. The van der Waals surface area contributed by atoms with Crippen molar-refractivity contribution in [1.29, 1.82) is 0 Å². The Hall–Kier alpha value is -1.58. The van der Waals surface area contributed by atoms with Crippen molar-refractivity contribution >= 4 is 17.3 Å². The standard InChI is InChI=1S/C15H14ClFN2.C3H8.C2H6/c16-12-6-2-1-5-11(12)14-9-10-18-19(14)15-8-4-3-7-13(15)17;1-3-2;1-2/h1-8,14,18H,9-10H2;3H2,1-2H3;1-2H3. The number of hydrogen-bond donors (Lipinski definition) is 1. The van der Waals surface area contributed by atoms with Crippen LogP contribution in [0.3, 0.4) is 0 Å². The van der Waals surface area contributed by atoms with E-state index < -0.39 is 0 Å². The van der Waals surface area contributed by atoms with E-state index in [1.165, 1.54) is 12.5 Å². The summed E-state index contributed by atoms with van der Waals surface area (Å²) in [5.74, 6) is -0.228. The SMILES string of the molecule is CC.CCC.Fc1ccccc1N1NCCC1c1ccccc1Cl. The number of benzene rings is 2. The molecule has 0 aromatic heterocycles. The lowest BCUT2D eigenvalue weighted by atomic mass is 10.0. The van der Waals surface area contributed by atoms with Gasteiger partial charge in [-0.25, -0.2) is 9.82 Å². The molecule has 3 rings (SSSR count). The third kappa shape index (κ3) is 5.22. The van der Waals surface area contributed by atoms with E-state index in [1.54, 1.807) is 12.1 Å². The molecule has 1 saturated heterocycles. The zero-order valence-corrected chi connectivity index (χ0v) is 15.8. The van der Waals surface area contributed by atoms with E-state index in [1.807, 2.05) is 49.2 Å². The van der Waals surface area contributed by atoms with Gasteiger partial charge in [0.25, 0.3) is 0 Å². The summed E-state index contributed by atoms with van der Waals surface area (Å²) in [6, 6.07) is 14.6. The van der Waals surface area contributed by atoms with Gasteiger partial charge in [-0.1, -0.05) is 76.0 Å². The number of anilines is 1. The van der Waals surface area contributed by atoms with Crippen LogP contribution in [-0.2, 0) is 0 Å². The van der Waals surface area contributed by atoms with Gasteiger partial charge in [0.15, 0.2) is 0 Å². The fraction of sp³-hybridized carbons (Fsp3) is 0.400. The molecule has 1 aliphatic heterocycles. The lowest BCUT2D eigenvalue weighted by molar-refractivity contribution is 0.597. The molecule has 0 bridgehead atoms. The molecule has 1 aliphatic rings. The monoisotopic (exact) mass is 350 g/mol. The average molecular weight is 351 g/mol. The highest BCUT2D eigenvalue weighted by Crippen LogP contribution is 2.35. The third-order valence-electron chi connectivity index (χ3n) is 3.39. The Labute approximate surface area is 150 Å². The van der Waals surface area contributed by atoms with Crippen molar-refractivity contribution in [1.82, 2.24) is 5.43 Å². The van der Waals surface area contributed by atoms with Crippen LogP contribution in [0.25, 0.3) is 0 Å². The number of hydrazine groups is 1. The molecular weight excluding hydrogens is 323 g/mol. The van der Waals surface area contributed by atoms with Crippen molar-refractivity contribution in [2.45, 2.75) is 46.6 Å². The van der Waals surface area contributed by atoms with E-state index in [0.29, 0.717) is 5.69 Å². The van der Waals surface area contributed by atoms with Crippen LogP contribution in [0.15, 0.2) is 48.5 Å². The molecule has 2 aromatic rings. The summed E-state index contributed by atoms with van der Waals surface area (Å²) in [7, 11) is 0. The molecule has 0 saturated carbocycles. The van der Waals surface area contributed by atoms with Crippen molar-refractivity contribution in [2.24, 2.45) is 0 Å². The van der Waals surface area contributed by atoms with Crippen LogP contribution < -0.4 is 10.4 Å². The summed E-state index contributed by atoms with van der Waals surface area (Å²) in [6.07, 6.45) is 2.15. The summed E-state index contributed by atoms with van der Waals surface area (Å²) in [4.78, 5) is 0. The number of halogens is 2. The molecule has 1 atom stereocenters. The van der Waals surface area contributed by atoms with E-state index in [9.17, 15) is 4.39 Å². The first-order valence-electron chi connectivity index (χ1n) is 8.70. The second-order valence-electron chi connectivity index (χ2n) is 5.26. The van der Waals surface area contributed by atoms with Crippen molar-refractivity contribution in [3.05, 3.63) is 64.9 Å². The smallest absolute Gasteiger partial charge is 0.147 e. The quantitative estimate of drug-likeness (QED) is 0.676. The Bertz CT molecular complexity index is 552. The number of hydrogen-bond acceptors (Lipinski definition) is 2. The van der Waals surface area contributed by atoms with Crippen LogP contribution in [0.2, 0.25) is 5.02 Å². The lowest BCUT2D eigenvalue weighted by Gasteiger charge is -2.27. The maximum Gasteiger partial charge on any atom is 0.147 e. The molecule has 132 valence electrons. The highest BCUT2D eigenvalue weighted by Gasteiger charge is 2.29. The van der Waals surface area contributed by atoms with Gasteiger partial charge in [-0.2, -0.15) is 0 Å². The van der Waals surface area contributed by atoms with E-state index in [4.69, 9.17) is 11.6 Å². The fourth-order valence-electron chi connectivity index (χ4n) is 2.50. The van der Waals surface area contributed by atoms with E-state index in [2.05, 4.69) is 19.3 Å². The first-order valence-corrected chi connectivity index (χ1v) is 9.08. The van der Waals surface area contributed by atoms with Crippen LogP contribution in [0.4, 0.5) is 10.1 Å². The molecule has 1 unspecified atom stereocenters. The molecule has 0 aliphatic carbocycles. The number of nitrogens with zero attached hydrogens (tertiary/aromatic N) is 1. The Morgan fingerprint density at radius 2 is 1.67 bits per heavy atom. The van der Waals surface area contributed by atoms with Crippen LogP contribution in [0.5, 0.6) is 0 Å². The minimum absolute atomic E-state index is 0.0607. The fourth-order valence-corrected chi connectivity index (χ4v) is 2.76. The molecule has 0 amide bonds. The second-order valence-corrected chi connectivity index (χ2v) is 5.67. The van der Waals surface area contributed by atoms with Gasteiger partial charge in [0.2, 0.25) is 0 Å². The molecule has 24 heavy (non-hydrogen) atoms. The van der Waals surface area contributed by atoms with E-state index >= 15 is 0 Å². The number of para-hydroxylation sites is 1. The number of rotatable bonds is 2. The Balaban J connectivity index is 0.000000521. The van der Waals surface area contributed by atoms with E-state index in [0.717, 1.165) is 23.6 Å². The first-order chi connectivity index (χ1) is 11.7. The molecule has 1 heterocycles. The maximum absolute atomic E-state index is 13.9. The first kappa shape index (κ1) is 20.5. The lowest BCUT2D eigenvalue weighted by Crippen LogP contribution is -2.33. The summed E-state index contributed by atoms with van der Waals surface area (Å²) in [5.41, 5.74) is 4.81. The van der Waals surface area contributed by atoms with Gasteiger partial charge < -0.3 is 0 Å². The molecule has 0 radical (unpaired) electrons. The average Bonchev–Trinajstić information content (AvgIpc) is 3.07. The molecule has 0 spiro atoms. The Morgan fingerprint density at radius 3 is 2.29 bits per heavy atom. The van der Waals surface area contributed by atoms with Crippen molar-refractivity contribution in [2.75, 3.05) is 11.6 Å². The summed E-state index contributed by atoms with van der Waals surface area (Å²) in [5, 5.41) is 2.59. The second kappa shape index (κ2) is 11.1. The highest BCUT2D eigenvalue weighted by molar-refractivity contribution is 6.31. The van der Waals surface area contributed by atoms with Gasteiger partial charge in [0.1, 0.15) is 5.82 Å². The van der Waals surface area contributed by atoms with Crippen molar-refractivity contribution < 1.29 is 4.39 Å². The van der Waals surface area contributed by atoms with E-state index in [-0.39, 0.29) is 11.9 Å². The summed E-state index contributed by atoms with van der Waals surface area (Å²) < 4.78 is 13.9. The molecule has 2 aromatic carbocycles. The molecule has 4 heteroatoms. The normalized spacial score (nSPS) is 15.9. The topological polar surface area (TPSA) is 15.3 Å². The molecule has 1 N–H and O–H groups in total. The van der Waals surface area contributed by atoms with Crippen molar-refractivity contribution in [3.8, 4) is 0 Å². The van der Waals surface area contributed by atoms with Crippen molar-refractivity contribution in [3.63, 3.8) is 0 Å². The van der Waals surface area contributed by atoms with Gasteiger partial charge in [0, 0.05) is 11.6 Å². The minimum atomic E-state index is -0.228.